The molecule has 0 N–H and O–H groups in total. The van der Waals surface area contributed by atoms with Crippen molar-refractivity contribution in [2.75, 3.05) is 5.33 Å². The van der Waals surface area contributed by atoms with Crippen molar-refractivity contribution in [2.45, 2.75) is 54.8 Å². The predicted molar refractivity (Wildman–Crippen MR) is 72.2 cm³/mol. The molecule has 0 aliphatic heterocycles. The standard InChI is InChI=1S/C13H10BrF16.U/c1-5(4-14)2-6(8(17,18)19)3-7(15,16)9(20,21)10(22,23)11(24,25)12(26,27)13(28,29)30;/h5-6H,1-4H2;/q-1;. The number of halogens is 17. The summed E-state index contributed by atoms with van der Waals surface area (Å²) in [7, 11) is 0. The minimum Gasteiger partial charge on any atom is -0.339 e. The summed E-state index contributed by atoms with van der Waals surface area (Å²) in [5.74, 6) is -43.7. The van der Waals surface area contributed by atoms with Crippen LogP contribution in [0, 0.1) is 49.9 Å². The summed E-state index contributed by atoms with van der Waals surface area (Å²) in [6.45, 7) is 2.98. The van der Waals surface area contributed by atoms with Gasteiger partial charge in [-0.25, -0.2) is 0 Å². The number of hydrogen-bond donors (Lipinski definition) is 0. The van der Waals surface area contributed by atoms with Gasteiger partial charge in [-0.1, -0.05) is 22.4 Å². The molecule has 0 bridgehead atoms. The SMILES string of the molecule is [CH2-]C(CBr)CC(CC(F)(F)C(F)(F)C(F)(F)C(F)(F)C(F)(F)C(F)(F)F)C(F)(F)F.[U]. The molecular formula is C13H10BrF16U-. The molecule has 186 valence electrons. The first kappa shape index (κ1) is 33.6. The molecule has 2 atom stereocenters. The van der Waals surface area contributed by atoms with Crippen molar-refractivity contribution < 1.29 is 101 Å². The van der Waals surface area contributed by atoms with Gasteiger partial charge in [-0.2, -0.15) is 76.2 Å². The van der Waals surface area contributed by atoms with Gasteiger partial charge in [0.05, 0.1) is 5.92 Å². The van der Waals surface area contributed by atoms with Gasteiger partial charge in [0.2, 0.25) is 0 Å². The van der Waals surface area contributed by atoms with E-state index in [2.05, 4.69) is 22.9 Å². The third-order valence-corrected chi connectivity index (χ3v) is 4.72. The van der Waals surface area contributed by atoms with E-state index in [9.17, 15) is 70.2 Å². The third-order valence-electron chi connectivity index (χ3n) is 3.80. The molecule has 0 rings (SSSR count). The first-order valence-corrected chi connectivity index (χ1v) is 8.35. The first-order valence-electron chi connectivity index (χ1n) is 7.22. The van der Waals surface area contributed by atoms with Crippen LogP contribution < -0.4 is 0 Å². The molecule has 0 fully saturated rings. The van der Waals surface area contributed by atoms with Crippen LogP contribution in [-0.4, -0.2) is 47.3 Å². The van der Waals surface area contributed by atoms with E-state index in [4.69, 9.17) is 0 Å². The van der Waals surface area contributed by atoms with Crippen LogP contribution in [0.4, 0.5) is 70.2 Å². The summed E-state index contributed by atoms with van der Waals surface area (Å²) in [6.07, 6.45) is -18.2. The Kier molecular flexibility index (Phi) is 10.8. The normalized spacial score (nSPS) is 17.2. The molecule has 0 spiro atoms. The van der Waals surface area contributed by atoms with Gasteiger partial charge in [-0.05, 0) is 5.33 Å². The summed E-state index contributed by atoms with van der Waals surface area (Å²) in [6, 6.07) is 0. The fourth-order valence-corrected chi connectivity index (χ4v) is 2.30. The quantitative estimate of drug-likeness (QED) is 0.129. The average molecular weight is 788 g/mol. The van der Waals surface area contributed by atoms with Crippen molar-refractivity contribution in [1.29, 1.82) is 0 Å². The Bertz CT molecular complexity index is 581. The van der Waals surface area contributed by atoms with Crippen LogP contribution in [0.15, 0.2) is 0 Å². The van der Waals surface area contributed by atoms with E-state index in [-0.39, 0.29) is 31.1 Å². The molecule has 0 heterocycles. The third kappa shape index (κ3) is 6.30. The Balaban J connectivity index is 0. The van der Waals surface area contributed by atoms with Crippen LogP contribution in [0.1, 0.15) is 12.8 Å². The van der Waals surface area contributed by atoms with Gasteiger partial charge in [0, 0.05) is 37.5 Å². The van der Waals surface area contributed by atoms with Gasteiger partial charge in [-0.15, -0.1) is 0 Å². The second kappa shape index (κ2) is 9.95. The topological polar surface area (TPSA) is 0 Å². The number of hydrogen-bond acceptors (Lipinski definition) is 0. The second-order valence-corrected chi connectivity index (χ2v) is 6.85. The van der Waals surface area contributed by atoms with E-state index in [0.717, 1.165) is 0 Å². The summed E-state index contributed by atoms with van der Waals surface area (Å²) in [5.41, 5.74) is 0. The fourth-order valence-electron chi connectivity index (χ4n) is 2.04. The summed E-state index contributed by atoms with van der Waals surface area (Å²) < 4.78 is 206. The Hall–Kier alpha value is 0.412. The molecule has 0 aliphatic carbocycles. The molecule has 0 amide bonds. The maximum Gasteiger partial charge on any atom is 0.460 e. The van der Waals surface area contributed by atoms with E-state index in [1.54, 1.807) is 0 Å². The monoisotopic (exact) mass is 787 g/mol. The first-order chi connectivity index (χ1) is 12.8. The van der Waals surface area contributed by atoms with Crippen LogP contribution in [-0.2, 0) is 0 Å². The molecule has 0 aromatic rings. The summed E-state index contributed by atoms with van der Waals surface area (Å²) in [4.78, 5) is 0. The molecular weight excluding hydrogens is 778 g/mol. The molecule has 0 saturated heterocycles. The molecule has 0 radical (unpaired) electrons. The zero-order chi connectivity index (χ0) is 24.8. The summed E-state index contributed by atoms with van der Waals surface area (Å²) >= 11 is 2.55. The molecule has 0 aromatic carbocycles. The second-order valence-electron chi connectivity index (χ2n) is 6.20. The predicted octanol–water partition coefficient (Wildman–Crippen LogP) is 7.53. The molecule has 0 saturated carbocycles. The van der Waals surface area contributed by atoms with Crippen molar-refractivity contribution in [3.8, 4) is 0 Å². The van der Waals surface area contributed by atoms with Crippen molar-refractivity contribution in [1.82, 2.24) is 0 Å². The number of alkyl halides is 17. The minimum absolute atomic E-state index is 0. The minimum atomic E-state index is -8.15. The molecule has 2 unspecified atom stereocenters. The van der Waals surface area contributed by atoms with Crippen molar-refractivity contribution in [3.63, 3.8) is 0 Å². The van der Waals surface area contributed by atoms with Crippen molar-refractivity contribution in [2.24, 2.45) is 11.8 Å². The Labute approximate surface area is 196 Å². The van der Waals surface area contributed by atoms with E-state index in [1.807, 2.05) is 0 Å². The van der Waals surface area contributed by atoms with Gasteiger partial charge in [0.15, 0.2) is 0 Å². The van der Waals surface area contributed by atoms with Crippen LogP contribution in [0.2, 0.25) is 0 Å². The van der Waals surface area contributed by atoms with E-state index < -0.39 is 72.0 Å². The van der Waals surface area contributed by atoms with Gasteiger partial charge >= 0.3 is 42.0 Å². The Morgan fingerprint density at radius 1 is 0.613 bits per heavy atom. The van der Waals surface area contributed by atoms with Gasteiger partial charge in [0.1, 0.15) is 0 Å². The summed E-state index contributed by atoms with van der Waals surface area (Å²) in [5, 5.41) is -0.437. The molecule has 0 aromatic heterocycles. The largest absolute Gasteiger partial charge is 0.460 e. The maximum atomic E-state index is 13.6. The fraction of sp³-hybridized carbons (Fsp3) is 0.923. The smallest absolute Gasteiger partial charge is 0.339 e. The molecule has 18 heteroatoms. The zero-order valence-electron chi connectivity index (χ0n) is 14.4. The van der Waals surface area contributed by atoms with Crippen LogP contribution >= 0.6 is 15.9 Å². The molecule has 31 heavy (non-hydrogen) atoms. The van der Waals surface area contributed by atoms with E-state index in [0.29, 0.717) is 0 Å². The number of rotatable bonds is 9. The van der Waals surface area contributed by atoms with E-state index >= 15 is 0 Å². The van der Waals surface area contributed by atoms with Gasteiger partial charge < -0.3 is 6.92 Å². The average Bonchev–Trinajstić information content (AvgIpc) is 2.50. The van der Waals surface area contributed by atoms with Gasteiger partial charge in [-0.3, -0.25) is 0 Å². The van der Waals surface area contributed by atoms with Crippen LogP contribution in [0.25, 0.3) is 0 Å². The van der Waals surface area contributed by atoms with Gasteiger partial charge in [0.25, 0.3) is 0 Å². The maximum absolute atomic E-state index is 13.6. The Morgan fingerprint density at radius 3 is 1.26 bits per heavy atom. The van der Waals surface area contributed by atoms with E-state index in [1.165, 1.54) is 0 Å². The van der Waals surface area contributed by atoms with Crippen molar-refractivity contribution in [3.05, 3.63) is 6.92 Å². The Morgan fingerprint density at radius 2 is 0.968 bits per heavy atom. The molecule has 0 nitrogen and oxygen atoms in total. The molecule has 0 aliphatic rings. The van der Waals surface area contributed by atoms with Crippen LogP contribution in [0.3, 0.4) is 0 Å². The zero-order valence-corrected chi connectivity index (χ0v) is 20.2. The van der Waals surface area contributed by atoms with Crippen molar-refractivity contribution >= 4 is 15.9 Å². The van der Waals surface area contributed by atoms with Crippen LogP contribution in [0.5, 0.6) is 0 Å².